The third-order valence-corrected chi connectivity index (χ3v) is 4.03. The normalized spacial score (nSPS) is 10.7. The highest BCUT2D eigenvalue weighted by atomic mass is 127. The Morgan fingerprint density at radius 2 is 2.16 bits per heavy atom. The smallest absolute Gasteiger partial charge is 0.264 e. The molecule has 19 heavy (non-hydrogen) atoms. The van der Waals surface area contributed by atoms with Gasteiger partial charge in [0.1, 0.15) is 5.82 Å². The van der Waals surface area contributed by atoms with E-state index < -0.39 is 0 Å². The van der Waals surface area contributed by atoms with E-state index in [1.165, 1.54) is 11.1 Å². The number of nitrogens with one attached hydrogen (secondary N) is 1. The van der Waals surface area contributed by atoms with Crippen molar-refractivity contribution >= 4 is 22.6 Å². The van der Waals surface area contributed by atoms with Crippen molar-refractivity contribution in [3.05, 3.63) is 60.8 Å². The molecule has 0 radical (unpaired) electrons. The summed E-state index contributed by atoms with van der Waals surface area (Å²) in [5.74, 6) is 0.750. The van der Waals surface area contributed by atoms with Gasteiger partial charge in [-0.25, -0.2) is 4.98 Å². The zero-order valence-corrected chi connectivity index (χ0v) is 13.3. The second-order valence-corrected chi connectivity index (χ2v) is 5.77. The lowest BCUT2D eigenvalue weighted by Crippen LogP contribution is -2.18. The minimum Gasteiger partial charge on any atom is -0.309 e. The van der Waals surface area contributed by atoms with Crippen LogP contribution in [0.1, 0.15) is 36.0 Å². The summed E-state index contributed by atoms with van der Waals surface area (Å²) < 4.78 is 0.715. The lowest BCUT2D eigenvalue weighted by Gasteiger charge is -2.06. The van der Waals surface area contributed by atoms with Crippen molar-refractivity contribution in [2.24, 2.45) is 0 Å². The van der Waals surface area contributed by atoms with Gasteiger partial charge in [-0.1, -0.05) is 43.2 Å². The van der Waals surface area contributed by atoms with Crippen LogP contribution in [0.4, 0.5) is 0 Å². The van der Waals surface area contributed by atoms with E-state index in [1.807, 2.05) is 6.07 Å². The maximum Gasteiger partial charge on any atom is 0.264 e. The van der Waals surface area contributed by atoms with Crippen LogP contribution in [0, 0.1) is 10.5 Å². The van der Waals surface area contributed by atoms with E-state index in [9.17, 15) is 4.79 Å². The Kier molecular flexibility index (Phi) is 4.74. The summed E-state index contributed by atoms with van der Waals surface area (Å²) in [5, 5.41) is 0. The van der Waals surface area contributed by atoms with Crippen LogP contribution in [0.3, 0.4) is 0 Å². The third-order valence-electron chi connectivity index (χ3n) is 2.92. The number of H-pyrrole nitrogens is 1. The Hall–Kier alpha value is -1.17. The van der Waals surface area contributed by atoms with Crippen LogP contribution in [0.15, 0.2) is 29.1 Å². The van der Waals surface area contributed by atoms with Gasteiger partial charge in [0, 0.05) is 6.42 Å². The van der Waals surface area contributed by atoms with Crippen LogP contribution < -0.4 is 5.56 Å². The Morgan fingerprint density at radius 1 is 1.37 bits per heavy atom. The van der Waals surface area contributed by atoms with E-state index in [-0.39, 0.29) is 5.56 Å². The quantitative estimate of drug-likeness (QED) is 0.843. The average Bonchev–Trinajstić information content (AvgIpc) is 2.35. The van der Waals surface area contributed by atoms with Gasteiger partial charge in [-0.05, 0) is 41.5 Å². The van der Waals surface area contributed by atoms with Crippen LogP contribution in [0.25, 0.3) is 0 Å². The van der Waals surface area contributed by atoms with Crippen molar-refractivity contribution in [2.75, 3.05) is 0 Å². The highest BCUT2D eigenvalue weighted by Crippen LogP contribution is 2.11. The summed E-state index contributed by atoms with van der Waals surface area (Å²) in [7, 11) is 0. The largest absolute Gasteiger partial charge is 0.309 e. The summed E-state index contributed by atoms with van der Waals surface area (Å²) in [4.78, 5) is 19.3. The molecule has 1 heterocycles. The van der Waals surface area contributed by atoms with Gasteiger partial charge >= 0.3 is 0 Å². The molecule has 1 N–H and O–H groups in total. The molecule has 0 atom stereocenters. The number of aromatic nitrogens is 2. The zero-order chi connectivity index (χ0) is 13.8. The zero-order valence-electron chi connectivity index (χ0n) is 11.2. The van der Waals surface area contributed by atoms with Crippen molar-refractivity contribution in [3.8, 4) is 0 Å². The van der Waals surface area contributed by atoms with Gasteiger partial charge in [0.05, 0.1) is 9.26 Å². The van der Waals surface area contributed by atoms with Crippen LogP contribution in [-0.4, -0.2) is 9.97 Å². The lowest BCUT2D eigenvalue weighted by atomic mass is 10.1. The Morgan fingerprint density at radius 3 is 2.84 bits per heavy atom. The molecule has 0 saturated heterocycles. The predicted molar refractivity (Wildman–Crippen MR) is 85.6 cm³/mol. The molecule has 0 spiro atoms. The first-order chi connectivity index (χ1) is 9.10. The molecule has 0 aliphatic rings. The maximum atomic E-state index is 11.9. The first-order valence-corrected chi connectivity index (χ1v) is 7.51. The molecule has 100 valence electrons. The Bertz CT molecular complexity index is 634. The van der Waals surface area contributed by atoms with Crippen molar-refractivity contribution < 1.29 is 0 Å². The fourth-order valence-corrected chi connectivity index (χ4v) is 2.58. The van der Waals surface area contributed by atoms with E-state index in [4.69, 9.17) is 0 Å². The highest BCUT2D eigenvalue weighted by Gasteiger charge is 2.08. The van der Waals surface area contributed by atoms with Crippen LogP contribution in [0.5, 0.6) is 0 Å². The Balaban J connectivity index is 2.33. The molecular formula is C15H17IN2O. The van der Waals surface area contributed by atoms with Gasteiger partial charge in [0.25, 0.3) is 5.56 Å². The maximum absolute atomic E-state index is 11.9. The number of hydrogen-bond donors (Lipinski definition) is 1. The summed E-state index contributed by atoms with van der Waals surface area (Å²) in [6.07, 6.45) is 2.52. The van der Waals surface area contributed by atoms with E-state index in [2.05, 4.69) is 64.6 Å². The monoisotopic (exact) mass is 368 g/mol. The molecule has 0 fully saturated rings. The van der Waals surface area contributed by atoms with Crippen molar-refractivity contribution in [3.63, 3.8) is 0 Å². The van der Waals surface area contributed by atoms with Gasteiger partial charge in [0.2, 0.25) is 0 Å². The lowest BCUT2D eigenvalue weighted by molar-refractivity contribution is 0.821. The fourth-order valence-electron chi connectivity index (χ4n) is 2.06. The number of hydrogen-bond acceptors (Lipinski definition) is 2. The molecule has 0 unspecified atom stereocenters. The average molecular weight is 368 g/mol. The number of aromatic amines is 1. The minimum absolute atomic E-state index is 0.0262. The first-order valence-electron chi connectivity index (χ1n) is 6.43. The second kappa shape index (κ2) is 6.32. The molecule has 2 rings (SSSR count). The van der Waals surface area contributed by atoms with Crippen molar-refractivity contribution in [1.82, 2.24) is 9.97 Å². The van der Waals surface area contributed by atoms with Gasteiger partial charge in [-0.2, -0.15) is 0 Å². The SMILES string of the molecule is CCCc1nc(Cc2cccc(C)c2)[nH]c(=O)c1I. The van der Waals surface area contributed by atoms with E-state index >= 15 is 0 Å². The number of nitrogens with zero attached hydrogens (tertiary/aromatic N) is 1. The molecule has 0 aliphatic carbocycles. The summed E-state index contributed by atoms with van der Waals surface area (Å²) >= 11 is 2.08. The van der Waals surface area contributed by atoms with Gasteiger partial charge in [-0.3, -0.25) is 4.79 Å². The molecule has 2 aromatic rings. The van der Waals surface area contributed by atoms with E-state index in [1.54, 1.807) is 0 Å². The number of aryl methyl sites for hydroxylation is 2. The predicted octanol–water partition coefficient (Wildman–Crippen LogP) is 3.23. The molecular weight excluding hydrogens is 351 g/mol. The molecule has 4 heteroatoms. The van der Waals surface area contributed by atoms with Gasteiger partial charge < -0.3 is 4.98 Å². The van der Waals surface area contributed by atoms with Crippen molar-refractivity contribution in [2.45, 2.75) is 33.1 Å². The van der Waals surface area contributed by atoms with Gasteiger partial charge in [0.15, 0.2) is 0 Å². The summed E-state index contributed by atoms with van der Waals surface area (Å²) in [6.45, 7) is 4.16. The Labute approximate surface area is 126 Å². The molecule has 0 aliphatic heterocycles. The standard InChI is InChI=1S/C15H17IN2O/c1-3-5-12-14(16)15(19)18-13(17-12)9-11-7-4-6-10(2)8-11/h4,6-8H,3,5,9H2,1-2H3,(H,17,18,19). The van der Waals surface area contributed by atoms with Crippen molar-refractivity contribution in [1.29, 1.82) is 0 Å². The third kappa shape index (κ3) is 3.65. The number of halogens is 1. The minimum atomic E-state index is -0.0262. The van der Waals surface area contributed by atoms with Crippen LogP contribution in [0.2, 0.25) is 0 Å². The van der Waals surface area contributed by atoms with E-state index in [0.29, 0.717) is 9.99 Å². The van der Waals surface area contributed by atoms with Crippen LogP contribution in [-0.2, 0) is 12.8 Å². The van der Waals surface area contributed by atoms with Gasteiger partial charge in [-0.15, -0.1) is 0 Å². The summed E-state index contributed by atoms with van der Waals surface area (Å²) in [5.41, 5.74) is 3.28. The second-order valence-electron chi connectivity index (χ2n) is 4.69. The molecule has 1 aromatic heterocycles. The molecule has 0 amide bonds. The molecule has 0 bridgehead atoms. The molecule has 1 aromatic carbocycles. The fraction of sp³-hybridized carbons (Fsp3) is 0.333. The number of benzene rings is 1. The summed E-state index contributed by atoms with van der Waals surface area (Å²) in [6, 6.07) is 8.28. The highest BCUT2D eigenvalue weighted by molar-refractivity contribution is 14.1. The molecule has 0 saturated carbocycles. The van der Waals surface area contributed by atoms with Crippen LogP contribution >= 0.6 is 22.6 Å². The van der Waals surface area contributed by atoms with E-state index in [0.717, 1.165) is 24.4 Å². The number of rotatable bonds is 4. The molecule has 3 nitrogen and oxygen atoms in total. The topological polar surface area (TPSA) is 45.8 Å². The first kappa shape index (κ1) is 14.2.